The number of allylic oxidation sites excluding steroid dienone is 2. The van der Waals surface area contributed by atoms with Gasteiger partial charge in [-0.15, -0.1) is 6.58 Å². The van der Waals surface area contributed by atoms with Crippen molar-refractivity contribution in [2.45, 2.75) is 40.5 Å². The SMILES string of the molecule is C=C(C)CCC(C)=C(F)F.CC.c1ncncn1. The Hall–Kier alpha value is -1.65. The molecule has 5 heteroatoms. The molecule has 1 heterocycles. The van der Waals surface area contributed by atoms with E-state index in [0.717, 1.165) is 5.57 Å². The maximum Gasteiger partial charge on any atom is 0.269 e. The average Bonchev–Trinajstić information content (AvgIpc) is 2.40. The number of rotatable bonds is 3. The largest absolute Gasteiger partial charge is 0.269 e. The van der Waals surface area contributed by atoms with E-state index in [1.54, 1.807) is 0 Å². The zero-order valence-corrected chi connectivity index (χ0v) is 11.5. The highest BCUT2D eigenvalue weighted by molar-refractivity contribution is 5.02. The van der Waals surface area contributed by atoms with Gasteiger partial charge in [0, 0.05) is 0 Å². The third kappa shape index (κ3) is 14.4. The van der Waals surface area contributed by atoms with Crippen LogP contribution in [0.15, 0.2) is 42.8 Å². The molecule has 1 aromatic heterocycles. The Labute approximate surface area is 108 Å². The average molecular weight is 257 g/mol. The van der Waals surface area contributed by atoms with Gasteiger partial charge in [-0.2, -0.15) is 8.78 Å². The lowest BCUT2D eigenvalue weighted by molar-refractivity contribution is 0.408. The minimum Gasteiger partial charge on any atom is -0.225 e. The van der Waals surface area contributed by atoms with Gasteiger partial charge in [0.05, 0.1) is 0 Å². The molecule has 0 aliphatic carbocycles. The Bertz CT molecular complexity index is 307. The number of hydrogen-bond acceptors (Lipinski definition) is 3. The lowest BCUT2D eigenvalue weighted by Crippen LogP contribution is -1.80. The van der Waals surface area contributed by atoms with Crippen molar-refractivity contribution in [1.82, 2.24) is 15.0 Å². The summed E-state index contributed by atoms with van der Waals surface area (Å²) in [6.45, 7) is 10.9. The van der Waals surface area contributed by atoms with E-state index in [2.05, 4.69) is 21.5 Å². The molecule has 0 N–H and O–H groups in total. The van der Waals surface area contributed by atoms with Gasteiger partial charge in [0.15, 0.2) is 0 Å². The second kappa shape index (κ2) is 13.4. The first-order valence-electron chi connectivity index (χ1n) is 5.74. The summed E-state index contributed by atoms with van der Waals surface area (Å²) in [7, 11) is 0. The molecule has 0 saturated heterocycles. The second-order valence-corrected chi connectivity index (χ2v) is 3.29. The Balaban J connectivity index is 0. The number of nitrogens with zero attached hydrogens (tertiary/aromatic N) is 3. The van der Waals surface area contributed by atoms with E-state index in [1.807, 2.05) is 20.8 Å². The highest BCUT2D eigenvalue weighted by Crippen LogP contribution is 2.14. The van der Waals surface area contributed by atoms with E-state index in [9.17, 15) is 8.78 Å². The topological polar surface area (TPSA) is 38.7 Å². The summed E-state index contributed by atoms with van der Waals surface area (Å²) in [5.41, 5.74) is 1.11. The third-order valence-electron chi connectivity index (χ3n) is 1.65. The molecule has 0 amide bonds. The highest BCUT2D eigenvalue weighted by atomic mass is 19.3. The van der Waals surface area contributed by atoms with E-state index in [1.165, 1.54) is 25.9 Å². The van der Waals surface area contributed by atoms with Gasteiger partial charge in [-0.25, -0.2) is 15.0 Å². The molecule has 18 heavy (non-hydrogen) atoms. The lowest BCUT2D eigenvalue weighted by atomic mass is 10.1. The predicted molar refractivity (Wildman–Crippen MR) is 70.1 cm³/mol. The summed E-state index contributed by atoms with van der Waals surface area (Å²) < 4.78 is 23.5. The van der Waals surface area contributed by atoms with Crippen LogP contribution in [0.4, 0.5) is 8.78 Å². The summed E-state index contributed by atoms with van der Waals surface area (Å²) in [4.78, 5) is 10.7. The summed E-state index contributed by atoms with van der Waals surface area (Å²) >= 11 is 0. The number of hydrogen-bond donors (Lipinski definition) is 0. The van der Waals surface area contributed by atoms with Crippen LogP contribution in [-0.2, 0) is 0 Å². The third-order valence-corrected chi connectivity index (χ3v) is 1.65. The van der Waals surface area contributed by atoms with Gasteiger partial charge in [0.1, 0.15) is 19.0 Å². The summed E-state index contributed by atoms with van der Waals surface area (Å²) in [5, 5.41) is 0. The van der Waals surface area contributed by atoms with Crippen molar-refractivity contribution in [2.75, 3.05) is 0 Å². The summed E-state index contributed by atoms with van der Waals surface area (Å²) in [6, 6.07) is 0. The van der Waals surface area contributed by atoms with Crippen molar-refractivity contribution in [3.63, 3.8) is 0 Å². The van der Waals surface area contributed by atoms with Crippen LogP contribution in [-0.4, -0.2) is 15.0 Å². The van der Waals surface area contributed by atoms with E-state index in [-0.39, 0.29) is 5.57 Å². The molecule has 0 aliphatic heterocycles. The molecule has 0 spiro atoms. The molecule has 0 fully saturated rings. The van der Waals surface area contributed by atoms with Gasteiger partial charge in [-0.05, 0) is 32.3 Å². The quantitative estimate of drug-likeness (QED) is 0.753. The van der Waals surface area contributed by atoms with Gasteiger partial charge in [-0.1, -0.05) is 19.4 Å². The van der Waals surface area contributed by atoms with Gasteiger partial charge in [0.2, 0.25) is 0 Å². The first-order chi connectivity index (χ1) is 8.54. The first kappa shape index (κ1) is 18.7. The van der Waals surface area contributed by atoms with Crippen LogP contribution in [0, 0.1) is 0 Å². The van der Waals surface area contributed by atoms with Crippen molar-refractivity contribution in [2.24, 2.45) is 0 Å². The van der Waals surface area contributed by atoms with Crippen LogP contribution in [0.1, 0.15) is 40.5 Å². The maximum atomic E-state index is 11.7. The Morgan fingerprint density at radius 2 is 1.33 bits per heavy atom. The van der Waals surface area contributed by atoms with E-state index in [4.69, 9.17) is 0 Å². The van der Waals surface area contributed by atoms with Gasteiger partial charge in [0.25, 0.3) is 6.08 Å². The van der Waals surface area contributed by atoms with Crippen LogP contribution in [0.3, 0.4) is 0 Å². The fourth-order valence-electron chi connectivity index (χ4n) is 0.700. The predicted octanol–water partition coefficient (Wildman–Crippen LogP) is 4.41. The molecule has 102 valence electrons. The highest BCUT2D eigenvalue weighted by Gasteiger charge is 1.98. The van der Waals surface area contributed by atoms with Crippen LogP contribution < -0.4 is 0 Å². The number of aromatic nitrogens is 3. The minimum atomic E-state index is -1.55. The van der Waals surface area contributed by atoms with Crippen molar-refractivity contribution in [3.05, 3.63) is 42.8 Å². The van der Waals surface area contributed by atoms with E-state index >= 15 is 0 Å². The molecule has 0 unspecified atom stereocenters. The Morgan fingerprint density at radius 3 is 1.56 bits per heavy atom. The summed E-state index contributed by atoms with van der Waals surface area (Å²) in [6.07, 6.45) is 3.84. The molecule has 0 saturated carbocycles. The second-order valence-electron chi connectivity index (χ2n) is 3.29. The van der Waals surface area contributed by atoms with Crippen LogP contribution in [0.2, 0.25) is 0 Å². The molecule has 0 atom stereocenters. The molecular formula is C13H21F2N3. The fraction of sp³-hybridized carbons (Fsp3) is 0.462. The molecule has 0 bridgehead atoms. The Kier molecular flexibility index (Phi) is 13.9. The van der Waals surface area contributed by atoms with Gasteiger partial charge >= 0.3 is 0 Å². The standard InChI is InChI=1S/C8H12F2.C3H3N3.C2H6/c1-6(2)4-5-7(3)8(9)10;1-4-2-6-3-5-1;1-2/h1,4-5H2,2-3H3;1-3H;1-2H3. The minimum absolute atomic E-state index is 0.169. The van der Waals surface area contributed by atoms with Crippen molar-refractivity contribution in [3.8, 4) is 0 Å². The molecule has 0 radical (unpaired) electrons. The molecule has 1 aromatic rings. The van der Waals surface area contributed by atoms with Gasteiger partial charge in [-0.3, -0.25) is 0 Å². The molecule has 1 rings (SSSR count). The van der Waals surface area contributed by atoms with Crippen molar-refractivity contribution < 1.29 is 8.78 Å². The van der Waals surface area contributed by atoms with E-state index < -0.39 is 6.08 Å². The maximum absolute atomic E-state index is 11.7. The molecule has 0 aromatic carbocycles. The lowest BCUT2D eigenvalue weighted by Gasteiger charge is -1.97. The van der Waals surface area contributed by atoms with Crippen LogP contribution in [0.25, 0.3) is 0 Å². The first-order valence-corrected chi connectivity index (χ1v) is 5.74. The molecular weight excluding hydrogens is 236 g/mol. The molecule has 3 nitrogen and oxygen atoms in total. The van der Waals surface area contributed by atoms with Crippen molar-refractivity contribution >= 4 is 0 Å². The number of halogens is 2. The smallest absolute Gasteiger partial charge is 0.225 e. The van der Waals surface area contributed by atoms with Crippen molar-refractivity contribution in [1.29, 1.82) is 0 Å². The normalized spacial score (nSPS) is 8.11. The summed E-state index contributed by atoms with van der Waals surface area (Å²) in [5.74, 6) is 0. The Morgan fingerprint density at radius 1 is 0.944 bits per heavy atom. The van der Waals surface area contributed by atoms with Gasteiger partial charge < -0.3 is 0 Å². The fourth-order valence-corrected chi connectivity index (χ4v) is 0.700. The molecule has 0 aliphatic rings. The monoisotopic (exact) mass is 257 g/mol. The zero-order valence-electron chi connectivity index (χ0n) is 11.5. The zero-order chi connectivity index (χ0) is 14.4. The van der Waals surface area contributed by atoms with Crippen LogP contribution in [0.5, 0.6) is 0 Å². The van der Waals surface area contributed by atoms with E-state index in [0.29, 0.717) is 12.8 Å². The van der Waals surface area contributed by atoms with Crippen LogP contribution >= 0.6 is 0 Å².